The highest BCUT2D eigenvalue weighted by Gasteiger charge is 2.36. The van der Waals surface area contributed by atoms with Gasteiger partial charge in [0.05, 0.1) is 31.3 Å². The molecular weight excluding hydrogens is 196 g/mol. The van der Waals surface area contributed by atoms with Crippen molar-refractivity contribution in [1.29, 1.82) is 0 Å². The maximum atomic E-state index is 11.4. The first-order valence-electron chi connectivity index (χ1n) is 5.51. The lowest BCUT2D eigenvalue weighted by Gasteiger charge is -2.24. The number of hydrogen-bond acceptors (Lipinski definition) is 4. The fraction of sp³-hybridized carbons (Fsp3) is 0.909. The van der Waals surface area contributed by atoms with Gasteiger partial charge in [-0.25, -0.2) is 0 Å². The van der Waals surface area contributed by atoms with Crippen molar-refractivity contribution in [3.63, 3.8) is 0 Å². The summed E-state index contributed by atoms with van der Waals surface area (Å²) in [6.45, 7) is 3.84. The molecule has 1 saturated heterocycles. The topological polar surface area (TPSA) is 55.8 Å². The molecule has 0 bridgehead atoms. The summed E-state index contributed by atoms with van der Waals surface area (Å²) >= 11 is 0. The molecule has 0 spiro atoms. The van der Waals surface area contributed by atoms with Crippen molar-refractivity contribution in [3.8, 4) is 0 Å². The number of aliphatic hydroxyl groups is 1. The first-order valence-corrected chi connectivity index (χ1v) is 5.51. The van der Waals surface area contributed by atoms with Crippen LogP contribution in [0, 0.1) is 5.92 Å². The average molecular weight is 216 g/mol. The number of esters is 1. The van der Waals surface area contributed by atoms with Gasteiger partial charge in [-0.2, -0.15) is 0 Å². The molecule has 15 heavy (non-hydrogen) atoms. The second-order valence-corrected chi connectivity index (χ2v) is 4.09. The summed E-state index contributed by atoms with van der Waals surface area (Å²) in [4.78, 5) is 11.4. The summed E-state index contributed by atoms with van der Waals surface area (Å²) in [6, 6.07) is 0. The Bertz CT molecular complexity index is 217. The Hall–Kier alpha value is -0.610. The van der Waals surface area contributed by atoms with Gasteiger partial charge in [-0.15, -0.1) is 0 Å². The normalized spacial score (nSPS) is 29.9. The second kappa shape index (κ2) is 5.47. The van der Waals surface area contributed by atoms with Crippen LogP contribution >= 0.6 is 0 Å². The molecule has 4 unspecified atom stereocenters. The molecule has 1 rings (SSSR count). The van der Waals surface area contributed by atoms with E-state index in [9.17, 15) is 9.90 Å². The summed E-state index contributed by atoms with van der Waals surface area (Å²) in [5.41, 5.74) is 0. The van der Waals surface area contributed by atoms with Gasteiger partial charge in [0.2, 0.25) is 0 Å². The number of ether oxygens (including phenoxy) is 2. The fourth-order valence-corrected chi connectivity index (χ4v) is 2.04. The Labute approximate surface area is 90.6 Å². The third-order valence-electron chi connectivity index (χ3n) is 3.00. The minimum absolute atomic E-state index is 0.180. The van der Waals surface area contributed by atoms with E-state index in [1.54, 1.807) is 0 Å². The highest BCUT2D eigenvalue weighted by molar-refractivity contribution is 5.72. The van der Waals surface area contributed by atoms with Gasteiger partial charge in [-0.05, 0) is 26.2 Å². The number of carbonyl (C=O) groups is 1. The molecule has 4 nitrogen and oxygen atoms in total. The summed E-state index contributed by atoms with van der Waals surface area (Å²) in [5, 5.41) is 10.0. The van der Waals surface area contributed by atoms with Gasteiger partial charge in [0.15, 0.2) is 0 Å². The van der Waals surface area contributed by atoms with E-state index in [2.05, 4.69) is 4.74 Å². The molecule has 4 atom stereocenters. The number of hydrogen-bond donors (Lipinski definition) is 1. The molecule has 1 N–H and O–H groups in total. The van der Waals surface area contributed by atoms with Crippen molar-refractivity contribution in [1.82, 2.24) is 0 Å². The van der Waals surface area contributed by atoms with E-state index < -0.39 is 12.0 Å². The molecule has 1 fully saturated rings. The molecule has 0 amide bonds. The van der Waals surface area contributed by atoms with E-state index in [1.807, 2.05) is 13.8 Å². The van der Waals surface area contributed by atoms with Crippen LogP contribution in [-0.2, 0) is 14.3 Å². The van der Waals surface area contributed by atoms with Gasteiger partial charge in [0.1, 0.15) is 0 Å². The first kappa shape index (κ1) is 12.5. The highest BCUT2D eigenvalue weighted by atomic mass is 16.5. The number of carbonyl (C=O) groups excluding carboxylic acids is 1. The molecule has 4 heteroatoms. The van der Waals surface area contributed by atoms with Gasteiger partial charge < -0.3 is 14.6 Å². The molecule has 1 aliphatic heterocycles. The third-order valence-corrected chi connectivity index (χ3v) is 3.00. The SMILES string of the molecule is CCC(C(=O)OC)C(O)C1CCC(C)O1. The number of aliphatic hydroxyl groups excluding tert-OH is 1. The van der Waals surface area contributed by atoms with Crippen LogP contribution < -0.4 is 0 Å². The molecule has 1 aliphatic rings. The van der Waals surface area contributed by atoms with Crippen molar-refractivity contribution in [2.24, 2.45) is 5.92 Å². The van der Waals surface area contributed by atoms with Crippen LogP contribution in [0.15, 0.2) is 0 Å². The van der Waals surface area contributed by atoms with Crippen molar-refractivity contribution in [2.45, 2.75) is 51.4 Å². The molecule has 88 valence electrons. The standard InChI is InChI=1S/C11H20O4/c1-4-8(11(13)14-3)10(12)9-6-5-7(2)15-9/h7-10,12H,4-6H2,1-3H3. The minimum Gasteiger partial charge on any atom is -0.469 e. The largest absolute Gasteiger partial charge is 0.469 e. The van der Waals surface area contributed by atoms with E-state index >= 15 is 0 Å². The van der Waals surface area contributed by atoms with Crippen molar-refractivity contribution < 1.29 is 19.4 Å². The van der Waals surface area contributed by atoms with E-state index in [0.29, 0.717) is 6.42 Å². The lowest BCUT2D eigenvalue weighted by molar-refractivity contribution is -0.154. The van der Waals surface area contributed by atoms with E-state index in [-0.39, 0.29) is 18.2 Å². The van der Waals surface area contributed by atoms with Crippen LogP contribution in [-0.4, -0.2) is 36.5 Å². The highest BCUT2D eigenvalue weighted by Crippen LogP contribution is 2.26. The lowest BCUT2D eigenvalue weighted by atomic mass is 9.94. The van der Waals surface area contributed by atoms with Gasteiger partial charge in [0.25, 0.3) is 0 Å². The fourth-order valence-electron chi connectivity index (χ4n) is 2.04. The number of rotatable bonds is 4. The molecule has 1 heterocycles. The molecule has 0 saturated carbocycles. The summed E-state index contributed by atoms with van der Waals surface area (Å²) < 4.78 is 10.2. The zero-order chi connectivity index (χ0) is 11.4. The Morgan fingerprint density at radius 2 is 2.27 bits per heavy atom. The first-order chi connectivity index (χ1) is 7.10. The van der Waals surface area contributed by atoms with Crippen molar-refractivity contribution >= 4 is 5.97 Å². The zero-order valence-corrected chi connectivity index (χ0v) is 9.60. The zero-order valence-electron chi connectivity index (χ0n) is 9.60. The monoisotopic (exact) mass is 216 g/mol. The van der Waals surface area contributed by atoms with Gasteiger partial charge in [0, 0.05) is 0 Å². The van der Waals surface area contributed by atoms with Crippen LogP contribution in [0.4, 0.5) is 0 Å². The van der Waals surface area contributed by atoms with Crippen LogP contribution in [0.1, 0.15) is 33.1 Å². The van der Waals surface area contributed by atoms with Crippen LogP contribution in [0.3, 0.4) is 0 Å². The van der Waals surface area contributed by atoms with Crippen LogP contribution in [0.25, 0.3) is 0 Å². The second-order valence-electron chi connectivity index (χ2n) is 4.09. The maximum Gasteiger partial charge on any atom is 0.311 e. The predicted octanol–water partition coefficient (Wildman–Crippen LogP) is 1.11. The molecule has 0 radical (unpaired) electrons. The maximum absolute atomic E-state index is 11.4. The van der Waals surface area contributed by atoms with Gasteiger partial charge >= 0.3 is 5.97 Å². The Morgan fingerprint density at radius 1 is 1.60 bits per heavy atom. The lowest BCUT2D eigenvalue weighted by Crippen LogP contribution is -2.38. The Balaban J connectivity index is 2.56. The van der Waals surface area contributed by atoms with Gasteiger partial charge in [-0.3, -0.25) is 4.79 Å². The van der Waals surface area contributed by atoms with E-state index in [4.69, 9.17) is 4.74 Å². The summed E-state index contributed by atoms with van der Waals surface area (Å²) in [6.07, 6.45) is 1.55. The molecular formula is C11H20O4. The van der Waals surface area contributed by atoms with Crippen LogP contribution in [0.5, 0.6) is 0 Å². The van der Waals surface area contributed by atoms with Gasteiger partial charge in [-0.1, -0.05) is 6.92 Å². The van der Waals surface area contributed by atoms with Crippen molar-refractivity contribution in [2.75, 3.05) is 7.11 Å². The molecule has 0 aliphatic carbocycles. The van der Waals surface area contributed by atoms with E-state index in [1.165, 1.54) is 7.11 Å². The quantitative estimate of drug-likeness (QED) is 0.715. The smallest absolute Gasteiger partial charge is 0.311 e. The molecule has 0 aromatic rings. The molecule has 0 aromatic carbocycles. The Kier molecular flexibility index (Phi) is 4.54. The summed E-state index contributed by atoms with van der Waals surface area (Å²) in [5.74, 6) is -0.821. The molecule has 0 aromatic heterocycles. The van der Waals surface area contributed by atoms with Crippen molar-refractivity contribution in [3.05, 3.63) is 0 Å². The summed E-state index contributed by atoms with van der Waals surface area (Å²) in [7, 11) is 1.34. The Morgan fingerprint density at radius 3 is 2.67 bits per heavy atom. The van der Waals surface area contributed by atoms with Crippen LogP contribution in [0.2, 0.25) is 0 Å². The predicted molar refractivity (Wildman–Crippen MR) is 55.4 cm³/mol. The van der Waals surface area contributed by atoms with E-state index in [0.717, 1.165) is 12.8 Å². The minimum atomic E-state index is -0.743. The number of methoxy groups -OCH3 is 1. The third kappa shape index (κ3) is 2.92. The average Bonchev–Trinajstić information content (AvgIpc) is 2.65.